The maximum absolute atomic E-state index is 13.7. The molecule has 5 rings (SSSR count). The Labute approximate surface area is 203 Å². The zero-order valence-corrected chi connectivity index (χ0v) is 21.5. The molecule has 0 radical (unpaired) electrons. The molecule has 4 aliphatic rings. The van der Waals surface area contributed by atoms with Gasteiger partial charge in [-0.1, -0.05) is 37.6 Å². The van der Waals surface area contributed by atoms with E-state index >= 15 is 0 Å². The summed E-state index contributed by atoms with van der Waals surface area (Å²) in [6, 6.07) is 6.78. The predicted octanol–water partition coefficient (Wildman–Crippen LogP) is 5.42. The highest BCUT2D eigenvalue weighted by Gasteiger charge is 2.62. The van der Waals surface area contributed by atoms with Gasteiger partial charge in [0.05, 0.1) is 11.0 Å². The second-order valence-corrected chi connectivity index (χ2v) is 13.3. The second kappa shape index (κ2) is 8.12. The fourth-order valence-corrected chi connectivity index (χ4v) is 9.30. The Morgan fingerprint density at radius 3 is 2.47 bits per heavy atom. The Hall–Kier alpha value is -1.79. The molecule has 6 heteroatoms. The van der Waals surface area contributed by atoms with Crippen LogP contribution in [0.5, 0.6) is 0 Å². The highest BCUT2D eigenvalue weighted by Crippen LogP contribution is 2.65. The standard InChI is InChI=1S/C28H36O5S/c1-17-5-8-21(9-6-17)34(31,32)33-20-13-14-27(3)19(15-20)7-10-22-24-12-11-23(18(2)29)28(24,4)16-25(30)26(22)27/h5-6,8-9,11,19-20,22,24,26H,7,10,12-16H2,1-4H3. The van der Waals surface area contributed by atoms with E-state index in [2.05, 4.69) is 19.9 Å². The Kier molecular flexibility index (Phi) is 5.72. The molecule has 0 N–H and O–H groups in total. The highest BCUT2D eigenvalue weighted by atomic mass is 32.2. The summed E-state index contributed by atoms with van der Waals surface area (Å²) < 4.78 is 31.5. The topological polar surface area (TPSA) is 77.5 Å². The third kappa shape index (κ3) is 3.63. The van der Waals surface area contributed by atoms with Crippen LogP contribution in [0.3, 0.4) is 0 Å². The molecule has 5 nitrogen and oxygen atoms in total. The molecule has 3 fully saturated rings. The summed E-state index contributed by atoms with van der Waals surface area (Å²) in [5.41, 5.74) is 1.41. The number of fused-ring (bicyclic) bond motifs is 5. The molecule has 0 bridgehead atoms. The summed E-state index contributed by atoms with van der Waals surface area (Å²) in [6.07, 6.45) is 7.17. The number of Topliss-reactive ketones (excluding diaryl/α,β-unsaturated/α-hetero) is 2. The van der Waals surface area contributed by atoms with Gasteiger partial charge >= 0.3 is 0 Å². The maximum Gasteiger partial charge on any atom is 0.297 e. The fourth-order valence-electron chi connectivity index (χ4n) is 8.18. The van der Waals surface area contributed by atoms with Crippen LogP contribution in [0.25, 0.3) is 0 Å². The quantitative estimate of drug-likeness (QED) is 0.534. The van der Waals surface area contributed by atoms with E-state index < -0.39 is 10.1 Å². The molecule has 0 spiro atoms. The summed E-state index contributed by atoms with van der Waals surface area (Å²) in [5, 5.41) is 0. The molecule has 1 aromatic carbocycles. The van der Waals surface area contributed by atoms with Crippen molar-refractivity contribution >= 4 is 21.7 Å². The van der Waals surface area contributed by atoms with Crippen LogP contribution in [0, 0.1) is 41.4 Å². The van der Waals surface area contributed by atoms with E-state index in [0.29, 0.717) is 36.9 Å². The third-order valence-corrected chi connectivity index (χ3v) is 11.2. The third-order valence-electron chi connectivity index (χ3n) is 9.84. The zero-order valence-electron chi connectivity index (χ0n) is 20.7. The summed E-state index contributed by atoms with van der Waals surface area (Å²) in [4.78, 5) is 26.2. The van der Waals surface area contributed by atoms with Gasteiger partial charge in [-0.15, -0.1) is 0 Å². The first-order valence-corrected chi connectivity index (χ1v) is 14.1. The first-order valence-electron chi connectivity index (χ1n) is 12.7. The molecule has 0 heterocycles. The van der Waals surface area contributed by atoms with Crippen molar-refractivity contribution in [1.29, 1.82) is 0 Å². The zero-order chi connectivity index (χ0) is 24.5. The van der Waals surface area contributed by atoms with Gasteiger partial charge in [0.25, 0.3) is 10.1 Å². The Morgan fingerprint density at radius 2 is 1.79 bits per heavy atom. The van der Waals surface area contributed by atoms with Gasteiger partial charge in [0.1, 0.15) is 5.78 Å². The first kappa shape index (κ1) is 23.9. The monoisotopic (exact) mass is 484 g/mol. The van der Waals surface area contributed by atoms with Gasteiger partial charge in [0.15, 0.2) is 5.78 Å². The molecule has 3 saturated carbocycles. The van der Waals surface area contributed by atoms with Gasteiger partial charge < -0.3 is 0 Å². The van der Waals surface area contributed by atoms with E-state index in [0.717, 1.165) is 36.8 Å². The number of aryl methyl sites for hydroxylation is 1. The molecule has 1 aromatic rings. The average molecular weight is 485 g/mol. The number of hydrogen-bond donors (Lipinski definition) is 0. The Bertz CT molecular complexity index is 1150. The lowest BCUT2D eigenvalue weighted by molar-refractivity contribution is -0.157. The lowest BCUT2D eigenvalue weighted by Gasteiger charge is -2.59. The molecule has 184 valence electrons. The van der Waals surface area contributed by atoms with Crippen molar-refractivity contribution < 1.29 is 22.2 Å². The summed E-state index contributed by atoms with van der Waals surface area (Å²) in [7, 11) is -3.81. The van der Waals surface area contributed by atoms with Crippen molar-refractivity contribution in [1.82, 2.24) is 0 Å². The van der Waals surface area contributed by atoms with Crippen LogP contribution >= 0.6 is 0 Å². The van der Waals surface area contributed by atoms with Crippen LogP contribution in [0.2, 0.25) is 0 Å². The molecule has 0 aromatic heterocycles. The lowest BCUT2D eigenvalue weighted by atomic mass is 9.44. The molecule has 7 atom stereocenters. The average Bonchev–Trinajstić information content (AvgIpc) is 3.10. The van der Waals surface area contributed by atoms with E-state index in [9.17, 15) is 18.0 Å². The highest BCUT2D eigenvalue weighted by molar-refractivity contribution is 7.86. The first-order chi connectivity index (χ1) is 16.0. The molecule has 34 heavy (non-hydrogen) atoms. The summed E-state index contributed by atoms with van der Waals surface area (Å²) in [6.45, 7) is 7.93. The number of ketones is 2. The minimum atomic E-state index is -3.81. The van der Waals surface area contributed by atoms with Crippen molar-refractivity contribution in [2.24, 2.45) is 34.5 Å². The number of carbonyl (C=O) groups is 2. The van der Waals surface area contributed by atoms with Crippen molar-refractivity contribution in [3.05, 3.63) is 41.5 Å². The van der Waals surface area contributed by atoms with Crippen molar-refractivity contribution in [3.8, 4) is 0 Å². The van der Waals surface area contributed by atoms with Crippen molar-refractivity contribution in [2.75, 3.05) is 0 Å². The predicted molar refractivity (Wildman–Crippen MR) is 130 cm³/mol. The van der Waals surface area contributed by atoms with Crippen LogP contribution < -0.4 is 0 Å². The molecular formula is C28H36O5S. The second-order valence-electron chi connectivity index (χ2n) is 11.8. The largest absolute Gasteiger partial charge is 0.299 e. The number of rotatable bonds is 4. The van der Waals surface area contributed by atoms with Crippen LogP contribution in [0.4, 0.5) is 0 Å². The van der Waals surface area contributed by atoms with Gasteiger partial charge in [-0.3, -0.25) is 13.8 Å². The number of benzene rings is 1. The van der Waals surface area contributed by atoms with Gasteiger partial charge in [0, 0.05) is 17.8 Å². The normalized spacial score (nSPS) is 39.6. The Morgan fingerprint density at radius 1 is 1.09 bits per heavy atom. The van der Waals surface area contributed by atoms with Gasteiger partial charge in [-0.2, -0.15) is 8.42 Å². The lowest BCUT2D eigenvalue weighted by Crippen LogP contribution is -2.57. The number of allylic oxidation sites excluding steroid dienone is 2. The van der Waals surface area contributed by atoms with E-state index in [-0.39, 0.29) is 39.4 Å². The maximum atomic E-state index is 13.7. The van der Waals surface area contributed by atoms with Gasteiger partial charge in [0.2, 0.25) is 0 Å². The summed E-state index contributed by atoms with van der Waals surface area (Å²) >= 11 is 0. The van der Waals surface area contributed by atoms with Crippen LogP contribution in [-0.2, 0) is 23.9 Å². The van der Waals surface area contributed by atoms with Gasteiger partial charge in [-0.05, 0) is 93.2 Å². The molecule has 4 aliphatic carbocycles. The molecular weight excluding hydrogens is 448 g/mol. The van der Waals surface area contributed by atoms with E-state index in [4.69, 9.17) is 4.18 Å². The molecule has 0 amide bonds. The SMILES string of the molecule is CC(=O)C1=CCC2C3CCC4CC(OS(=O)(=O)c5ccc(C)cc5)CCC4(C)C3C(=O)CC12C. The van der Waals surface area contributed by atoms with Gasteiger partial charge in [-0.25, -0.2) is 0 Å². The number of carbonyl (C=O) groups excluding carboxylic acids is 2. The van der Waals surface area contributed by atoms with Crippen LogP contribution in [0.15, 0.2) is 40.8 Å². The van der Waals surface area contributed by atoms with Crippen LogP contribution in [0.1, 0.15) is 71.3 Å². The van der Waals surface area contributed by atoms with E-state index in [1.807, 2.05) is 6.92 Å². The summed E-state index contributed by atoms with van der Waals surface area (Å²) in [5.74, 6) is 1.33. The van der Waals surface area contributed by atoms with E-state index in [1.165, 1.54) is 0 Å². The number of hydrogen-bond acceptors (Lipinski definition) is 5. The Balaban J connectivity index is 1.34. The minimum absolute atomic E-state index is 0.00121. The molecule has 7 unspecified atom stereocenters. The molecule has 0 aliphatic heterocycles. The van der Waals surface area contributed by atoms with Crippen molar-refractivity contribution in [3.63, 3.8) is 0 Å². The molecule has 0 saturated heterocycles. The van der Waals surface area contributed by atoms with Crippen molar-refractivity contribution in [2.45, 2.75) is 83.6 Å². The van der Waals surface area contributed by atoms with E-state index in [1.54, 1.807) is 31.2 Å². The smallest absolute Gasteiger partial charge is 0.297 e. The minimum Gasteiger partial charge on any atom is -0.299 e. The van der Waals surface area contributed by atoms with Crippen LogP contribution in [-0.4, -0.2) is 26.1 Å². The fraction of sp³-hybridized carbons (Fsp3) is 0.643.